The number of benzene rings is 1. The molecule has 1 aromatic rings. The van der Waals surface area contributed by atoms with E-state index in [0.717, 1.165) is 4.47 Å². The molecule has 0 bridgehead atoms. The molecule has 1 rings (SSSR count). The van der Waals surface area contributed by atoms with Gasteiger partial charge in [-0.15, -0.1) is 0 Å². The Morgan fingerprint density at radius 1 is 1.19 bits per heavy atom. The van der Waals surface area contributed by atoms with Crippen LogP contribution in [0.25, 0.3) is 0 Å². The van der Waals surface area contributed by atoms with Gasteiger partial charge < -0.3 is 0 Å². The SMILES string of the molecule is CC(C)(C)COS(=O)(=O)c1ccc(Br)cc1. The van der Waals surface area contributed by atoms with Gasteiger partial charge in [0, 0.05) is 4.47 Å². The number of hydrogen-bond donors (Lipinski definition) is 0. The lowest BCUT2D eigenvalue weighted by Gasteiger charge is -2.17. The van der Waals surface area contributed by atoms with E-state index in [4.69, 9.17) is 4.18 Å². The van der Waals surface area contributed by atoms with Crippen molar-refractivity contribution in [2.75, 3.05) is 6.61 Å². The molecule has 90 valence electrons. The molecule has 0 radical (unpaired) electrons. The maximum Gasteiger partial charge on any atom is 0.296 e. The molecule has 1 aromatic carbocycles. The van der Waals surface area contributed by atoms with Crippen LogP contribution in [-0.2, 0) is 14.3 Å². The Bertz CT molecular complexity index is 443. The van der Waals surface area contributed by atoms with Gasteiger partial charge in [0.2, 0.25) is 0 Å². The van der Waals surface area contributed by atoms with Crippen LogP contribution in [0.1, 0.15) is 20.8 Å². The van der Waals surface area contributed by atoms with Crippen molar-refractivity contribution >= 4 is 26.0 Å². The first kappa shape index (κ1) is 13.7. The van der Waals surface area contributed by atoms with Crippen molar-refractivity contribution in [1.29, 1.82) is 0 Å². The van der Waals surface area contributed by atoms with E-state index in [1.807, 2.05) is 20.8 Å². The van der Waals surface area contributed by atoms with Gasteiger partial charge in [-0.1, -0.05) is 36.7 Å². The number of hydrogen-bond acceptors (Lipinski definition) is 3. The Balaban J connectivity index is 2.83. The van der Waals surface area contributed by atoms with E-state index >= 15 is 0 Å². The van der Waals surface area contributed by atoms with Gasteiger partial charge in [-0.3, -0.25) is 4.18 Å². The van der Waals surface area contributed by atoms with Crippen LogP contribution in [0, 0.1) is 5.41 Å². The fourth-order valence-corrected chi connectivity index (χ4v) is 2.30. The zero-order valence-corrected chi connectivity index (χ0v) is 11.9. The van der Waals surface area contributed by atoms with Crippen LogP contribution in [-0.4, -0.2) is 15.0 Å². The van der Waals surface area contributed by atoms with E-state index in [0.29, 0.717) is 0 Å². The second kappa shape index (κ2) is 4.85. The van der Waals surface area contributed by atoms with Crippen molar-refractivity contribution in [2.24, 2.45) is 5.41 Å². The molecular formula is C11H15BrO3S. The van der Waals surface area contributed by atoms with Crippen molar-refractivity contribution < 1.29 is 12.6 Å². The molecular weight excluding hydrogens is 292 g/mol. The molecule has 0 saturated carbocycles. The van der Waals surface area contributed by atoms with E-state index in [1.54, 1.807) is 12.1 Å². The Morgan fingerprint density at radius 2 is 1.69 bits per heavy atom. The van der Waals surface area contributed by atoms with Crippen molar-refractivity contribution in [3.05, 3.63) is 28.7 Å². The predicted octanol–water partition coefficient (Wildman–Crippen LogP) is 3.20. The minimum Gasteiger partial charge on any atom is -0.266 e. The van der Waals surface area contributed by atoms with Crippen molar-refractivity contribution in [3.8, 4) is 0 Å². The topological polar surface area (TPSA) is 43.4 Å². The largest absolute Gasteiger partial charge is 0.296 e. The lowest BCUT2D eigenvalue weighted by Crippen LogP contribution is -2.18. The summed E-state index contributed by atoms with van der Waals surface area (Å²) in [7, 11) is -3.63. The highest BCUT2D eigenvalue weighted by atomic mass is 79.9. The van der Waals surface area contributed by atoms with E-state index in [1.165, 1.54) is 12.1 Å². The molecule has 0 N–H and O–H groups in total. The molecule has 0 atom stereocenters. The van der Waals surface area contributed by atoms with E-state index in [2.05, 4.69) is 15.9 Å². The molecule has 0 aliphatic rings. The summed E-state index contributed by atoms with van der Waals surface area (Å²) in [5, 5.41) is 0. The standard InChI is InChI=1S/C11H15BrO3S/c1-11(2,3)8-15-16(13,14)10-6-4-9(12)5-7-10/h4-7H,8H2,1-3H3. The van der Waals surface area contributed by atoms with Crippen molar-refractivity contribution in [3.63, 3.8) is 0 Å². The lowest BCUT2D eigenvalue weighted by atomic mass is 9.99. The van der Waals surface area contributed by atoms with Crippen LogP contribution in [0.2, 0.25) is 0 Å². The van der Waals surface area contributed by atoms with Crippen molar-refractivity contribution in [2.45, 2.75) is 25.7 Å². The fraction of sp³-hybridized carbons (Fsp3) is 0.455. The second-order valence-corrected chi connectivity index (χ2v) is 7.26. The zero-order chi connectivity index (χ0) is 12.4. The third-order valence-corrected chi connectivity index (χ3v) is 3.56. The maximum atomic E-state index is 11.8. The molecule has 0 aliphatic carbocycles. The first-order valence-electron chi connectivity index (χ1n) is 4.86. The summed E-state index contributed by atoms with van der Waals surface area (Å²) >= 11 is 3.25. The normalized spacial score (nSPS) is 12.8. The highest BCUT2D eigenvalue weighted by Crippen LogP contribution is 2.20. The minimum absolute atomic E-state index is 0.172. The van der Waals surface area contributed by atoms with Crippen LogP contribution in [0.3, 0.4) is 0 Å². The molecule has 0 heterocycles. The zero-order valence-electron chi connectivity index (χ0n) is 9.53. The van der Waals surface area contributed by atoms with Crippen LogP contribution in [0.5, 0.6) is 0 Å². The summed E-state index contributed by atoms with van der Waals surface area (Å²) in [6.07, 6.45) is 0. The van der Waals surface area contributed by atoms with Gasteiger partial charge in [0.15, 0.2) is 0 Å². The van der Waals surface area contributed by atoms with Gasteiger partial charge in [-0.05, 0) is 29.7 Å². The molecule has 0 aliphatic heterocycles. The average molecular weight is 307 g/mol. The molecule has 0 aromatic heterocycles. The van der Waals surface area contributed by atoms with Gasteiger partial charge in [-0.25, -0.2) is 0 Å². The third-order valence-electron chi connectivity index (χ3n) is 1.75. The summed E-state index contributed by atoms with van der Waals surface area (Å²) in [6.45, 7) is 5.93. The molecule has 0 fully saturated rings. The summed E-state index contributed by atoms with van der Waals surface area (Å²) < 4.78 is 29.3. The summed E-state index contributed by atoms with van der Waals surface area (Å²) in [6, 6.07) is 6.38. The summed E-state index contributed by atoms with van der Waals surface area (Å²) in [4.78, 5) is 0.181. The number of halogens is 1. The Kier molecular flexibility index (Phi) is 4.15. The van der Waals surface area contributed by atoms with Gasteiger partial charge in [0.25, 0.3) is 10.1 Å². The predicted molar refractivity (Wildman–Crippen MR) is 66.7 cm³/mol. The van der Waals surface area contributed by atoms with Crippen LogP contribution in [0.15, 0.2) is 33.6 Å². The van der Waals surface area contributed by atoms with Gasteiger partial charge in [0.05, 0.1) is 11.5 Å². The minimum atomic E-state index is -3.63. The van der Waals surface area contributed by atoms with Crippen molar-refractivity contribution in [1.82, 2.24) is 0 Å². The molecule has 5 heteroatoms. The summed E-state index contributed by atoms with van der Waals surface area (Å²) in [5.41, 5.74) is -0.178. The molecule has 0 saturated heterocycles. The van der Waals surface area contributed by atoms with Crippen LogP contribution < -0.4 is 0 Å². The van der Waals surface area contributed by atoms with Crippen LogP contribution in [0.4, 0.5) is 0 Å². The monoisotopic (exact) mass is 306 g/mol. The fourth-order valence-electron chi connectivity index (χ4n) is 0.924. The Hall–Kier alpha value is -0.390. The molecule has 0 spiro atoms. The molecule has 3 nitrogen and oxygen atoms in total. The Morgan fingerprint density at radius 3 is 2.12 bits per heavy atom. The van der Waals surface area contributed by atoms with Gasteiger partial charge in [-0.2, -0.15) is 8.42 Å². The van der Waals surface area contributed by atoms with E-state index in [9.17, 15) is 8.42 Å². The van der Waals surface area contributed by atoms with Gasteiger partial charge >= 0.3 is 0 Å². The first-order chi connectivity index (χ1) is 7.21. The molecule has 0 amide bonds. The molecule has 16 heavy (non-hydrogen) atoms. The highest BCUT2D eigenvalue weighted by Gasteiger charge is 2.19. The second-order valence-electron chi connectivity index (χ2n) is 4.73. The quantitative estimate of drug-likeness (QED) is 0.805. The first-order valence-corrected chi connectivity index (χ1v) is 7.06. The smallest absolute Gasteiger partial charge is 0.266 e. The van der Waals surface area contributed by atoms with Crippen LogP contribution >= 0.6 is 15.9 Å². The van der Waals surface area contributed by atoms with E-state index < -0.39 is 10.1 Å². The maximum absolute atomic E-state index is 11.8. The van der Waals surface area contributed by atoms with E-state index in [-0.39, 0.29) is 16.9 Å². The Labute approximate surface area is 105 Å². The number of rotatable bonds is 3. The molecule has 0 unspecified atom stereocenters. The summed E-state index contributed by atoms with van der Waals surface area (Å²) in [5.74, 6) is 0. The highest BCUT2D eigenvalue weighted by molar-refractivity contribution is 9.10. The lowest BCUT2D eigenvalue weighted by molar-refractivity contribution is 0.203. The average Bonchev–Trinajstić information content (AvgIpc) is 2.15. The third kappa shape index (κ3) is 4.23. The van der Waals surface area contributed by atoms with Gasteiger partial charge in [0.1, 0.15) is 0 Å².